The van der Waals surface area contributed by atoms with Crippen molar-refractivity contribution in [3.8, 4) is 28.1 Å². The molecule has 1 saturated heterocycles. The first-order valence-electron chi connectivity index (χ1n) is 12.6. The lowest BCUT2D eigenvalue weighted by molar-refractivity contribution is -0.149. The fourth-order valence-corrected chi connectivity index (χ4v) is 5.00. The number of ether oxygens (including phenoxy) is 2. The normalized spacial score (nSPS) is 15.5. The Morgan fingerprint density at radius 2 is 1.84 bits per heavy atom. The highest BCUT2D eigenvalue weighted by atomic mass is 16.5. The number of hydrogen-bond acceptors (Lipinski definition) is 6. The van der Waals surface area contributed by atoms with E-state index >= 15 is 0 Å². The molecule has 2 aromatic heterocycles. The number of amides is 1. The van der Waals surface area contributed by atoms with Crippen LogP contribution in [0.25, 0.3) is 28.0 Å². The van der Waals surface area contributed by atoms with Crippen LogP contribution in [0.3, 0.4) is 0 Å². The third-order valence-corrected chi connectivity index (χ3v) is 6.76. The van der Waals surface area contributed by atoms with Crippen molar-refractivity contribution in [3.63, 3.8) is 0 Å². The molecule has 3 heterocycles. The maximum Gasteiger partial charge on any atom is 0.310 e. The average Bonchev–Trinajstić information content (AvgIpc) is 3.28. The molecule has 1 aliphatic rings. The Morgan fingerprint density at radius 1 is 1.08 bits per heavy atom. The zero-order valence-corrected chi connectivity index (χ0v) is 21.3. The number of rotatable bonds is 6. The molecule has 1 amide bonds. The van der Waals surface area contributed by atoms with Crippen LogP contribution in [0.2, 0.25) is 0 Å². The summed E-state index contributed by atoms with van der Waals surface area (Å²) in [5.41, 5.74) is 5.05. The van der Waals surface area contributed by atoms with E-state index in [0.29, 0.717) is 48.9 Å². The van der Waals surface area contributed by atoms with Gasteiger partial charge in [-0.2, -0.15) is 5.10 Å². The first-order valence-corrected chi connectivity index (χ1v) is 12.6. The minimum absolute atomic E-state index is 0.217. The van der Waals surface area contributed by atoms with Crippen molar-refractivity contribution in [2.45, 2.75) is 26.7 Å². The molecule has 8 heteroatoms. The highest BCUT2D eigenvalue weighted by Crippen LogP contribution is 2.34. The summed E-state index contributed by atoms with van der Waals surface area (Å²) in [6.07, 6.45) is 1.44. The van der Waals surface area contributed by atoms with Crippen LogP contribution in [-0.2, 0) is 9.53 Å². The fourth-order valence-electron chi connectivity index (χ4n) is 5.00. The number of aryl methyl sites for hydroxylation is 1. The van der Waals surface area contributed by atoms with Gasteiger partial charge in [-0.15, -0.1) is 0 Å². The van der Waals surface area contributed by atoms with E-state index < -0.39 is 0 Å². The van der Waals surface area contributed by atoms with Gasteiger partial charge in [-0.3, -0.25) is 9.59 Å². The summed E-state index contributed by atoms with van der Waals surface area (Å²) in [5.74, 6) is -0.128. The lowest BCUT2D eigenvalue weighted by Gasteiger charge is -2.31. The van der Waals surface area contributed by atoms with Gasteiger partial charge in [0.1, 0.15) is 11.4 Å². The average molecular weight is 499 g/mol. The Bertz CT molecular complexity index is 1450. The van der Waals surface area contributed by atoms with Gasteiger partial charge in [-0.1, -0.05) is 42.5 Å². The molecular formula is C29H30N4O4. The third kappa shape index (κ3) is 4.67. The van der Waals surface area contributed by atoms with E-state index in [1.165, 1.54) is 0 Å². The van der Waals surface area contributed by atoms with Crippen molar-refractivity contribution in [2.24, 2.45) is 5.92 Å². The number of methoxy groups -OCH3 is 1. The highest BCUT2D eigenvalue weighted by molar-refractivity contribution is 5.96. The summed E-state index contributed by atoms with van der Waals surface area (Å²) in [5, 5.41) is 4.82. The van der Waals surface area contributed by atoms with Crippen molar-refractivity contribution in [1.82, 2.24) is 19.5 Å². The molecule has 190 valence electrons. The van der Waals surface area contributed by atoms with Crippen LogP contribution in [0.1, 0.15) is 35.9 Å². The topological polar surface area (TPSA) is 86.0 Å². The van der Waals surface area contributed by atoms with Crippen molar-refractivity contribution in [1.29, 1.82) is 0 Å². The van der Waals surface area contributed by atoms with Gasteiger partial charge in [-0.05, 0) is 50.5 Å². The molecule has 0 aliphatic carbocycles. The van der Waals surface area contributed by atoms with Gasteiger partial charge in [0, 0.05) is 24.2 Å². The predicted octanol–water partition coefficient (Wildman–Crippen LogP) is 4.80. The largest absolute Gasteiger partial charge is 0.496 e. The quantitative estimate of drug-likeness (QED) is 0.355. The Labute approximate surface area is 215 Å². The van der Waals surface area contributed by atoms with E-state index in [1.54, 1.807) is 29.5 Å². The molecular weight excluding hydrogens is 468 g/mol. The Morgan fingerprint density at radius 3 is 2.59 bits per heavy atom. The highest BCUT2D eigenvalue weighted by Gasteiger charge is 2.31. The van der Waals surface area contributed by atoms with E-state index in [0.717, 1.165) is 28.8 Å². The minimum atomic E-state index is -0.327. The standard InChI is InChI=1S/C29H30N4O4/c1-4-37-29(35)21-13-10-16-32(18-21)28(34)23-17-24(22-14-8-9-15-25(22)36-3)33-27(30-23)26(19(2)31-33)20-11-6-5-7-12-20/h5-9,11-12,14-15,17,21H,4,10,13,16,18H2,1-3H3. The Kier molecular flexibility index (Phi) is 6.90. The molecule has 37 heavy (non-hydrogen) atoms. The minimum Gasteiger partial charge on any atom is -0.496 e. The van der Waals surface area contributed by atoms with E-state index in [9.17, 15) is 9.59 Å². The van der Waals surface area contributed by atoms with Crippen LogP contribution >= 0.6 is 0 Å². The number of fused-ring (bicyclic) bond motifs is 1. The molecule has 0 radical (unpaired) electrons. The number of carbonyl (C=O) groups excluding carboxylic acids is 2. The van der Waals surface area contributed by atoms with Crippen molar-refractivity contribution in [2.75, 3.05) is 26.8 Å². The lowest BCUT2D eigenvalue weighted by Crippen LogP contribution is -2.43. The van der Waals surface area contributed by atoms with Gasteiger partial charge in [0.25, 0.3) is 5.91 Å². The monoisotopic (exact) mass is 498 g/mol. The van der Waals surface area contributed by atoms with Crippen LogP contribution in [0, 0.1) is 12.8 Å². The van der Waals surface area contributed by atoms with E-state index in [-0.39, 0.29) is 17.8 Å². The number of benzene rings is 2. The summed E-state index contributed by atoms with van der Waals surface area (Å²) in [6, 6.07) is 19.3. The second kappa shape index (κ2) is 10.4. The number of esters is 1. The number of aromatic nitrogens is 3. The second-order valence-electron chi connectivity index (χ2n) is 9.13. The lowest BCUT2D eigenvalue weighted by atomic mass is 9.98. The summed E-state index contributed by atoms with van der Waals surface area (Å²) < 4.78 is 12.6. The van der Waals surface area contributed by atoms with Crippen LogP contribution in [0.15, 0.2) is 60.7 Å². The predicted molar refractivity (Wildman–Crippen MR) is 140 cm³/mol. The smallest absolute Gasteiger partial charge is 0.310 e. The Balaban J connectivity index is 1.66. The Hall–Kier alpha value is -4.20. The summed E-state index contributed by atoms with van der Waals surface area (Å²) >= 11 is 0. The number of likely N-dealkylation sites (tertiary alicyclic amines) is 1. The van der Waals surface area contributed by atoms with Crippen LogP contribution in [0.5, 0.6) is 5.75 Å². The van der Waals surface area contributed by atoms with Gasteiger partial charge in [-0.25, -0.2) is 9.50 Å². The van der Waals surface area contributed by atoms with Gasteiger partial charge < -0.3 is 14.4 Å². The van der Waals surface area contributed by atoms with Gasteiger partial charge in [0.15, 0.2) is 5.65 Å². The van der Waals surface area contributed by atoms with Crippen molar-refractivity contribution < 1.29 is 19.1 Å². The van der Waals surface area contributed by atoms with E-state index in [1.807, 2.05) is 61.5 Å². The van der Waals surface area contributed by atoms with E-state index in [2.05, 4.69) is 0 Å². The molecule has 1 atom stereocenters. The number of hydrogen-bond donors (Lipinski definition) is 0. The molecule has 1 aliphatic heterocycles. The fraction of sp³-hybridized carbons (Fsp3) is 0.310. The van der Waals surface area contributed by atoms with E-state index in [4.69, 9.17) is 19.6 Å². The van der Waals surface area contributed by atoms with Gasteiger partial charge in [0.2, 0.25) is 0 Å². The first kappa shape index (κ1) is 24.5. The molecule has 2 aromatic carbocycles. The number of nitrogens with zero attached hydrogens (tertiary/aromatic N) is 4. The second-order valence-corrected chi connectivity index (χ2v) is 9.13. The van der Waals surface area contributed by atoms with Crippen LogP contribution in [-0.4, -0.2) is 58.2 Å². The van der Waals surface area contributed by atoms with Crippen LogP contribution in [0.4, 0.5) is 0 Å². The molecule has 0 saturated carbocycles. The zero-order chi connectivity index (χ0) is 25.9. The maximum atomic E-state index is 13.8. The number of para-hydroxylation sites is 1. The van der Waals surface area contributed by atoms with Gasteiger partial charge >= 0.3 is 5.97 Å². The number of piperidine rings is 1. The zero-order valence-electron chi connectivity index (χ0n) is 21.3. The third-order valence-electron chi connectivity index (χ3n) is 6.76. The van der Waals surface area contributed by atoms with Crippen molar-refractivity contribution >= 4 is 17.5 Å². The summed E-state index contributed by atoms with van der Waals surface area (Å²) in [7, 11) is 1.62. The summed E-state index contributed by atoms with van der Waals surface area (Å²) in [4.78, 5) is 32.8. The molecule has 0 bridgehead atoms. The van der Waals surface area contributed by atoms with Crippen molar-refractivity contribution in [3.05, 3.63) is 72.1 Å². The molecule has 0 N–H and O–H groups in total. The molecule has 8 nitrogen and oxygen atoms in total. The molecule has 1 unspecified atom stereocenters. The molecule has 5 rings (SSSR count). The van der Waals surface area contributed by atoms with Crippen LogP contribution < -0.4 is 4.74 Å². The van der Waals surface area contributed by atoms with Gasteiger partial charge in [0.05, 0.1) is 31.0 Å². The molecule has 0 spiro atoms. The molecule has 4 aromatic rings. The SMILES string of the molecule is CCOC(=O)C1CCCN(C(=O)c2cc(-c3ccccc3OC)n3nc(C)c(-c4ccccc4)c3n2)C1. The first-order chi connectivity index (χ1) is 18.0. The summed E-state index contributed by atoms with van der Waals surface area (Å²) in [6.45, 7) is 4.94. The molecule has 1 fully saturated rings. The maximum absolute atomic E-state index is 13.8. The number of carbonyl (C=O) groups is 2.